The van der Waals surface area contributed by atoms with Gasteiger partial charge < -0.3 is 15.5 Å². The number of hydrogen-bond acceptors (Lipinski definition) is 6. The number of oxazole rings is 1. The Morgan fingerprint density at radius 3 is 2.39 bits per heavy atom. The molecule has 0 spiro atoms. The molecule has 4 rings (SSSR count). The van der Waals surface area contributed by atoms with E-state index in [1.807, 2.05) is 78.9 Å². The lowest BCUT2D eigenvalue weighted by molar-refractivity contribution is -0.105. The van der Waals surface area contributed by atoms with Crippen molar-refractivity contribution in [3.05, 3.63) is 101 Å². The van der Waals surface area contributed by atoms with Crippen molar-refractivity contribution in [3.8, 4) is 11.5 Å². The highest BCUT2D eigenvalue weighted by Crippen LogP contribution is 2.30. The van der Waals surface area contributed by atoms with Gasteiger partial charge in [0.1, 0.15) is 5.52 Å². The molecule has 0 aliphatic heterocycles. The lowest BCUT2D eigenvalue weighted by atomic mass is 9.90. The van der Waals surface area contributed by atoms with E-state index in [2.05, 4.69) is 10.3 Å². The average Bonchev–Trinajstić information content (AvgIpc) is 3.26. The van der Waals surface area contributed by atoms with Crippen LogP contribution in [0.3, 0.4) is 0 Å². The fraction of sp³-hybridized carbons (Fsp3) is 0.0800. The third-order valence-corrected chi connectivity index (χ3v) is 5.11. The van der Waals surface area contributed by atoms with Crippen molar-refractivity contribution in [2.24, 2.45) is 5.73 Å². The van der Waals surface area contributed by atoms with E-state index < -0.39 is 6.04 Å². The van der Waals surface area contributed by atoms with Crippen LogP contribution in [-0.4, -0.2) is 24.0 Å². The van der Waals surface area contributed by atoms with Crippen molar-refractivity contribution in [2.75, 3.05) is 7.05 Å². The average molecular weight is 410 g/mol. The second-order valence-electron chi connectivity index (χ2n) is 7.06. The molecular formula is C25H22N4O2. The number of rotatable bonds is 7. The summed E-state index contributed by atoms with van der Waals surface area (Å²) in [6, 6.07) is 24.0. The summed E-state index contributed by atoms with van der Waals surface area (Å²) >= 11 is 0. The standard InChI is InChI=1S/C25H22N4O2/c1-28-24(22(19(26)15-30)23(27)16-8-4-2-5-9-16)18-12-13-21-20(14-18)29-25(31-21)17-10-6-3-7-11-17/h2-15,24,27-28H,26H2,1H3/b22-19+,27-23?. The molecule has 6 nitrogen and oxygen atoms in total. The molecule has 1 aromatic heterocycles. The molecule has 0 bridgehead atoms. The molecule has 1 heterocycles. The van der Waals surface area contributed by atoms with Gasteiger partial charge in [0.25, 0.3) is 0 Å². The van der Waals surface area contributed by atoms with Gasteiger partial charge in [0.2, 0.25) is 5.89 Å². The second kappa shape index (κ2) is 8.77. The number of aldehydes is 1. The number of likely N-dealkylation sites (N-methyl/N-ethyl adjacent to an activating group) is 1. The normalized spacial score (nSPS) is 12.9. The van der Waals surface area contributed by atoms with E-state index in [0.29, 0.717) is 34.4 Å². The number of nitrogens with two attached hydrogens (primary N) is 1. The first-order chi connectivity index (χ1) is 15.1. The molecule has 4 aromatic rings. The first-order valence-corrected chi connectivity index (χ1v) is 9.84. The van der Waals surface area contributed by atoms with Crippen LogP contribution in [0.25, 0.3) is 22.6 Å². The Kier molecular flexibility index (Phi) is 5.73. The summed E-state index contributed by atoms with van der Waals surface area (Å²) in [5.74, 6) is 0.536. The molecule has 1 unspecified atom stereocenters. The van der Waals surface area contributed by atoms with Gasteiger partial charge in [-0.2, -0.15) is 0 Å². The van der Waals surface area contributed by atoms with E-state index in [1.54, 1.807) is 7.05 Å². The van der Waals surface area contributed by atoms with Crippen LogP contribution in [0, 0.1) is 5.41 Å². The Morgan fingerprint density at radius 1 is 1.06 bits per heavy atom. The van der Waals surface area contributed by atoms with E-state index in [9.17, 15) is 4.79 Å². The van der Waals surface area contributed by atoms with E-state index in [-0.39, 0.29) is 11.4 Å². The minimum atomic E-state index is -0.473. The lowest BCUT2D eigenvalue weighted by Gasteiger charge is -2.22. The van der Waals surface area contributed by atoms with Crippen LogP contribution in [0.2, 0.25) is 0 Å². The Balaban J connectivity index is 1.77. The van der Waals surface area contributed by atoms with Gasteiger partial charge in [-0.15, -0.1) is 0 Å². The first kappa shape index (κ1) is 20.3. The van der Waals surface area contributed by atoms with Crippen LogP contribution in [0.4, 0.5) is 0 Å². The zero-order valence-electron chi connectivity index (χ0n) is 17.0. The van der Waals surface area contributed by atoms with Crippen LogP contribution in [0.1, 0.15) is 17.2 Å². The Labute approximate surface area is 179 Å². The van der Waals surface area contributed by atoms with Gasteiger partial charge in [-0.3, -0.25) is 10.2 Å². The summed E-state index contributed by atoms with van der Waals surface area (Å²) in [7, 11) is 1.77. The summed E-state index contributed by atoms with van der Waals surface area (Å²) < 4.78 is 5.90. The number of aromatic nitrogens is 1. The zero-order valence-corrected chi connectivity index (χ0v) is 17.0. The van der Waals surface area contributed by atoms with Gasteiger partial charge in [0.15, 0.2) is 11.9 Å². The molecule has 0 aliphatic rings. The number of hydrogen-bond donors (Lipinski definition) is 3. The fourth-order valence-electron chi connectivity index (χ4n) is 3.59. The van der Waals surface area contributed by atoms with Gasteiger partial charge in [-0.25, -0.2) is 4.98 Å². The molecule has 4 N–H and O–H groups in total. The minimum absolute atomic E-state index is 0.0124. The van der Waals surface area contributed by atoms with Gasteiger partial charge in [0.05, 0.1) is 17.5 Å². The molecule has 0 fully saturated rings. The maximum atomic E-state index is 11.6. The molecule has 0 saturated carbocycles. The molecule has 0 radical (unpaired) electrons. The maximum Gasteiger partial charge on any atom is 0.227 e. The monoisotopic (exact) mass is 410 g/mol. The molecule has 154 valence electrons. The number of carbonyl (C=O) groups excluding carboxylic acids is 1. The highest BCUT2D eigenvalue weighted by atomic mass is 16.3. The van der Waals surface area contributed by atoms with Crippen LogP contribution in [-0.2, 0) is 4.79 Å². The van der Waals surface area contributed by atoms with Gasteiger partial charge >= 0.3 is 0 Å². The Hall–Kier alpha value is -4.03. The topological polar surface area (TPSA) is 105 Å². The molecule has 0 aliphatic carbocycles. The quantitative estimate of drug-likeness (QED) is 0.240. The second-order valence-corrected chi connectivity index (χ2v) is 7.06. The summed E-state index contributed by atoms with van der Waals surface area (Å²) in [6.07, 6.45) is 0.583. The van der Waals surface area contributed by atoms with Crippen LogP contribution < -0.4 is 11.1 Å². The van der Waals surface area contributed by atoms with Crippen molar-refractivity contribution in [1.82, 2.24) is 10.3 Å². The smallest absolute Gasteiger partial charge is 0.227 e. The summed E-state index contributed by atoms with van der Waals surface area (Å²) in [5.41, 5.74) is 10.4. The molecule has 0 saturated heterocycles. The Morgan fingerprint density at radius 2 is 1.74 bits per heavy atom. The number of nitrogens with one attached hydrogen (secondary N) is 2. The highest BCUT2D eigenvalue weighted by Gasteiger charge is 2.24. The third-order valence-electron chi connectivity index (χ3n) is 5.11. The maximum absolute atomic E-state index is 11.6. The number of nitrogens with zero attached hydrogens (tertiary/aromatic N) is 1. The van der Waals surface area contributed by atoms with E-state index >= 15 is 0 Å². The molecule has 0 amide bonds. The van der Waals surface area contributed by atoms with Gasteiger partial charge in [0, 0.05) is 11.1 Å². The number of allylic oxidation sites excluding steroid dienone is 1. The minimum Gasteiger partial charge on any atom is -0.436 e. The SMILES string of the molecule is CNC(/C(C(=N)c1ccccc1)=C(/N)C=O)c1ccc2oc(-c3ccccc3)nc2c1. The van der Waals surface area contributed by atoms with Crippen molar-refractivity contribution in [2.45, 2.75) is 6.04 Å². The van der Waals surface area contributed by atoms with Crippen molar-refractivity contribution >= 4 is 23.1 Å². The summed E-state index contributed by atoms with van der Waals surface area (Å²) in [6.45, 7) is 0. The van der Waals surface area contributed by atoms with Crippen molar-refractivity contribution in [1.29, 1.82) is 5.41 Å². The fourth-order valence-corrected chi connectivity index (χ4v) is 3.59. The van der Waals surface area contributed by atoms with E-state index in [0.717, 1.165) is 11.1 Å². The van der Waals surface area contributed by atoms with Crippen molar-refractivity contribution < 1.29 is 9.21 Å². The molecule has 3 aromatic carbocycles. The molecular weight excluding hydrogens is 388 g/mol. The van der Waals surface area contributed by atoms with Crippen molar-refractivity contribution in [3.63, 3.8) is 0 Å². The van der Waals surface area contributed by atoms with Crippen LogP contribution in [0.15, 0.2) is 94.6 Å². The predicted molar refractivity (Wildman–Crippen MR) is 122 cm³/mol. The lowest BCUT2D eigenvalue weighted by Crippen LogP contribution is -2.27. The zero-order chi connectivity index (χ0) is 21.8. The molecule has 6 heteroatoms. The number of carbonyl (C=O) groups is 1. The first-order valence-electron chi connectivity index (χ1n) is 9.84. The van der Waals surface area contributed by atoms with Crippen LogP contribution in [0.5, 0.6) is 0 Å². The Bertz CT molecular complexity index is 1260. The summed E-state index contributed by atoms with van der Waals surface area (Å²) in [5, 5.41) is 11.9. The van der Waals surface area contributed by atoms with E-state index in [4.69, 9.17) is 15.6 Å². The summed E-state index contributed by atoms with van der Waals surface area (Å²) in [4.78, 5) is 16.2. The largest absolute Gasteiger partial charge is 0.436 e. The molecule has 31 heavy (non-hydrogen) atoms. The number of benzene rings is 3. The predicted octanol–water partition coefficient (Wildman–Crippen LogP) is 4.24. The van der Waals surface area contributed by atoms with Gasteiger partial charge in [-0.1, -0.05) is 54.6 Å². The number of fused-ring (bicyclic) bond motifs is 1. The van der Waals surface area contributed by atoms with Crippen LogP contribution >= 0.6 is 0 Å². The van der Waals surface area contributed by atoms with Gasteiger partial charge in [-0.05, 0) is 42.4 Å². The third kappa shape index (κ3) is 4.01. The molecule has 1 atom stereocenters. The van der Waals surface area contributed by atoms with E-state index in [1.165, 1.54) is 0 Å². The highest BCUT2D eigenvalue weighted by molar-refractivity contribution is 6.13.